The van der Waals surface area contributed by atoms with Gasteiger partial charge in [-0.3, -0.25) is 0 Å². The van der Waals surface area contributed by atoms with E-state index in [1.165, 1.54) is 33.7 Å². The Morgan fingerprint density at radius 3 is 2.83 bits per heavy atom. The van der Waals surface area contributed by atoms with Crippen LogP contribution in [0.5, 0.6) is 0 Å². The van der Waals surface area contributed by atoms with Crippen molar-refractivity contribution in [3.63, 3.8) is 0 Å². The van der Waals surface area contributed by atoms with Gasteiger partial charge in [0, 0.05) is 0 Å². The van der Waals surface area contributed by atoms with Crippen molar-refractivity contribution in [2.45, 2.75) is 17.5 Å². The maximum atomic E-state index is 6.15. The average molecular weight is 523 g/mol. The molecule has 0 bridgehead atoms. The molecule has 0 saturated carbocycles. The summed E-state index contributed by atoms with van der Waals surface area (Å²) in [6, 6.07) is 6.71. The van der Waals surface area contributed by atoms with Crippen LogP contribution in [0, 0.1) is 0 Å². The van der Waals surface area contributed by atoms with Crippen molar-refractivity contribution < 1.29 is 44.5 Å². The summed E-state index contributed by atoms with van der Waals surface area (Å²) < 4.78 is 3.40. The van der Waals surface area contributed by atoms with Gasteiger partial charge in [0.05, 0.1) is 0 Å². The molecule has 0 fully saturated rings. The average Bonchev–Trinajstić information content (AvgIpc) is 3.11. The molecule has 118 valence electrons. The molecule has 1 heterocycles. The molecule has 1 unspecified atom stereocenters. The number of hydrogen-bond acceptors (Lipinski definition) is 2. The molecule has 1 atom stereocenters. The van der Waals surface area contributed by atoms with Gasteiger partial charge in [-0.05, 0) is 0 Å². The molecule has 2 aliphatic carbocycles. The monoisotopic (exact) mass is 520 g/mol. The summed E-state index contributed by atoms with van der Waals surface area (Å²) in [6.45, 7) is 2.18. The normalized spacial score (nSPS) is 20.0. The number of hydrogen-bond donors (Lipinski definition) is 0. The van der Waals surface area contributed by atoms with Crippen LogP contribution in [0.15, 0.2) is 55.8 Å². The minimum atomic E-state index is -2.22. The van der Waals surface area contributed by atoms with E-state index in [-0.39, 0.29) is 24.8 Å². The minimum absolute atomic E-state index is 0. The number of fused-ring (bicyclic) bond motifs is 2. The van der Waals surface area contributed by atoms with Crippen molar-refractivity contribution in [1.82, 2.24) is 0 Å². The predicted octanol–water partition coefficient (Wildman–Crippen LogP) is -0.814. The van der Waals surface area contributed by atoms with Crippen molar-refractivity contribution >= 4 is 45.9 Å². The molecule has 0 amide bonds. The van der Waals surface area contributed by atoms with Crippen molar-refractivity contribution in [1.29, 1.82) is 0 Å². The zero-order valence-electron chi connectivity index (χ0n) is 12.3. The van der Waals surface area contributed by atoms with Crippen LogP contribution in [-0.4, -0.2) is 4.16 Å². The van der Waals surface area contributed by atoms with E-state index in [0.29, 0.717) is 4.16 Å². The van der Waals surface area contributed by atoms with Crippen molar-refractivity contribution in [2.24, 2.45) is 0 Å². The summed E-state index contributed by atoms with van der Waals surface area (Å²) in [7, 11) is 6.15. The second kappa shape index (κ2) is 7.93. The van der Waals surface area contributed by atoms with E-state index in [2.05, 4.69) is 65.4 Å². The fraction of sp³-hybridized carbons (Fsp3) is 0.176. The van der Waals surface area contributed by atoms with E-state index >= 15 is 0 Å². The molecule has 1 aliphatic heterocycles. The third kappa shape index (κ3) is 3.50. The summed E-state index contributed by atoms with van der Waals surface area (Å²) in [5.74, 6) is 0. The molecule has 0 spiro atoms. The first kappa shape index (κ1) is 20.0. The third-order valence-corrected chi connectivity index (χ3v) is 15.1. The number of allylic oxidation sites excluding steroid dienone is 5. The maximum Gasteiger partial charge on any atom is -1.00 e. The number of thioether (sulfide) groups is 1. The second-order valence-corrected chi connectivity index (χ2v) is 14.8. The van der Waals surface area contributed by atoms with Crippen molar-refractivity contribution in [3.8, 4) is 0 Å². The molecule has 6 heteroatoms. The molecule has 3 aliphatic rings. The van der Waals surface area contributed by atoms with Gasteiger partial charge >= 0.3 is 150 Å². The van der Waals surface area contributed by atoms with Crippen LogP contribution in [0.2, 0.25) is 0 Å². The van der Waals surface area contributed by atoms with Gasteiger partial charge in [-0.15, -0.1) is 0 Å². The SMILES string of the molecule is CC1=CC2=[C]([Zr+2](=[S])[c]3cccc4c3C=CC4)C(Br)SC2=C1.[Cl-].[Cl-]. The number of rotatable bonds is 2. The molecule has 0 nitrogen and oxygen atoms in total. The molecule has 0 aromatic heterocycles. The van der Waals surface area contributed by atoms with Crippen LogP contribution in [0.3, 0.4) is 0 Å². The molecular weight excluding hydrogens is 510 g/mol. The van der Waals surface area contributed by atoms with Gasteiger partial charge in [0.25, 0.3) is 0 Å². The van der Waals surface area contributed by atoms with Gasteiger partial charge in [0.1, 0.15) is 0 Å². The van der Waals surface area contributed by atoms with Gasteiger partial charge in [-0.1, -0.05) is 0 Å². The maximum absolute atomic E-state index is 6.15. The van der Waals surface area contributed by atoms with Crippen molar-refractivity contribution in [3.05, 3.63) is 66.9 Å². The number of halogens is 3. The smallest absolute Gasteiger partial charge is 1.00 e. The Morgan fingerprint density at radius 2 is 2.04 bits per heavy atom. The zero-order valence-corrected chi connectivity index (χ0v) is 19.5. The van der Waals surface area contributed by atoms with Gasteiger partial charge in [-0.25, -0.2) is 0 Å². The summed E-state index contributed by atoms with van der Waals surface area (Å²) in [5.41, 5.74) is 5.67. The topological polar surface area (TPSA) is 0 Å². The second-order valence-electron chi connectivity index (χ2n) is 5.47. The van der Waals surface area contributed by atoms with E-state index in [4.69, 9.17) is 8.86 Å². The molecule has 23 heavy (non-hydrogen) atoms. The largest absolute Gasteiger partial charge is 1.00 e. The Kier molecular flexibility index (Phi) is 6.90. The van der Waals surface area contributed by atoms with Crippen LogP contribution in [0.4, 0.5) is 0 Å². The minimum Gasteiger partial charge on any atom is -1.00 e. The number of alkyl halides is 1. The van der Waals surface area contributed by atoms with E-state index in [0.717, 1.165) is 6.42 Å². The van der Waals surface area contributed by atoms with E-state index < -0.39 is 19.7 Å². The van der Waals surface area contributed by atoms with Gasteiger partial charge < -0.3 is 24.8 Å². The Morgan fingerprint density at radius 1 is 1.26 bits per heavy atom. The summed E-state index contributed by atoms with van der Waals surface area (Å²) >= 11 is 3.56. The van der Waals surface area contributed by atoms with E-state index in [1.807, 2.05) is 11.8 Å². The molecule has 1 aromatic carbocycles. The molecule has 1 aromatic rings. The van der Waals surface area contributed by atoms with Crippen LogP contribution in [-0.2, 0) is 26.1 Å². The van der Waals surface area contributed by atoms with Crippen LogP contribution in [0.25, 0.3) is 6.08 Å². The zero-order chi connectivity index (χ0) is 14.6. The third-order valence-electron chi connectivity index (χ3n) is 4.05. The van der Waals surface area contributed by atoms with Crippen LogP contribution in [0.1, 0.15) is 18.1 Å². The Bertz CT molecular complexity index is 809. The molecule has 4 rings (SSSR count). The van der Waals surface area contributed by atoms with E-state index in [9.17, 15) is 0 Å². The predicted molar refractivity (Wildman–Crippen MR) is 95.6 cm³/mol. The molecule has 0 N–H and O–H groups in total. The fourth-order valence-corrected chi connectivity index (χ4v) is 15.5. The van der Waals surface area contributed by atoms with Crippen LogP contribution < -0.4 is 28.1 Å². The Balaban J connectivity index is 0.000000960. The van der Waals surface area contributed by atoms with E-state index in [1.54, 1.807) is 0 Å². The first-order valence-corrected chi connectivity index (χ1v) is 14.6. The number of benzene rings is 1. The molecular formula is C17H13BrCl2S2Zr. The first-order valence-electron chi connectivity index (χ1n) is 6.93. The standard InChI is InChI=1S/C9H7.C8H6BrS.2ClH.S.Zr/c1-2-5-9-7-3-6-8(9)4-1;1-5-2-6-4-8(9)10-7(6)3-5;;;;/h1-4,7H,6H2;2-3,8H,1H3;2*1H;;/q;;;;;+2/p-2. The quantitative estimate of drug-likeness (QED) is 0.466. The van der Waals surface area contributed by atoms with Gasteiger partial charge in [-0.2, -0.15) is 0 Å². The Hall–Kier alpha value is 0.693. The summed E-state index contributed by atoms with van der Waals surface area (Å²) in [4.78, 5) is 1.41. The van der Waals surface area contributed by atoms with Crippen molar-refractivity contribution in [2.75, 3.05) is 0 Å². The van der Waals surface area contributed by atoms with Crippen LogP contribution >= 0.6 is 36.5 Å². The fourth-order valence-electron chi connectivity index (χ4n) is 3.09. The summed E-state index contributed by atoms with van der Waals surface area (Å²) in [5, 5.41) is 0. The Labute approximate surface area is 173 Å². The molecule has 0 saturated heterocycles. The first-order chi connectivity index (χ1) is 10.1. The van der Waals surface area contributed by atoms with Gasteiger partial charge in [0.15, 0.2) is 0 Å². The van der Waals surface area contributed by atoms with Gasteiger partial charge in [0.2, 0.25) is 0 Å². The molecule has 0 radical (unpaired) electrons. The summed E-state index contributed by atoms with van der Waals surface area (Å²) in [6.07, 6.45) is 10.2.